The van der Waals surface area contributed by atoms with Gasteiger partial charge in [0.1, 0.15) is 0 Å². The zero-order valence-electron chi connectivity index (χ0n) is 6.41. The molecule has 3 heteroatoms. The lowest BCUT2D eigenvalue weighted by Gasteiger charge is -2.11. The number of rotatable bonds is 2. The zero-order chi connectivity index (χ0) is 7.56. The van der Waals surface area contributed by atoms with Gasteiger partial charge in [0, 0.05) is 13.0 Å². The number of hydrogen-bond donors (Lipinski definition) is 1. The molecule has 3 nitrogen and oxygen atoms in total. The molecular weight excluding hydrogens is 132 g/mol. The summed E-state index contributed by atoms with van der Waals surface area (Å²) in [6.45, 7) is 2.16. The van der Waals surface area contributed by atoms with Crippen LogP contribution in [0.25, 0.3) is 0 Å². The molecule has 3 unspecified atom stereocenters. The van der Waals surface area contributed by atoms with E-state index in [0.717, 1.165) is 6.42 Å². The third kappa shape index (κ3) is 1.48. The van der Waals surface area contributed by atoms with Crippen LogP contribution in [0.2, 0.25) is 0 Å². The predicted octanol–water partition coefficient (Wildman–Crippen LogP) is 0.376. The van der Waals surface area contributed by atoms with Crippen LogP contribution in [0.1, 0.15) is 13.3 Å². The van der Waals surface area contributed by atoms with Crippen LogP contribution in [0.5, 0.6) is 0 Å². The third-order valence-corrected chi connectivity index (χ3v) is 1.86. The maximum absolute atomic E-state index is 8.72. The molecule has 10 heavy (non-hydrogen) atoms. The Balaban J connectivity index is 2.36. The Morgan fingerprint density at radius 2 is 2.40 bits per heavy atom. The standard InChI is InChI=1S/C7H14O3/c1-5-3-6(4-8)10-7(5)9-2/h5-8H,3-4H2,1-2H3. The Hall–Kier alpha value is -0.120. The first-order chi connectivity index (χ1) is 4.77. The molecule has 1 aliphatic heterocycles. The van der Waals surface area contributed by atoms with Crippen LogP contribution in [-0.2, 0) is 9.47 Å². The highest BCUT2D eigenvalue weighted by atomic mass is 16.7. The molecular formula is C7H14O3. The maximum Gasteiger partial charge on any atom is 0.160 e. The third-order valence-electron chi connectivity index (χ3n) is 1.86. The molecule has 1 aliphatic rings. The van der Waals surface area contributed by atoms with Crippen LogP contribution in [0.15, 0.2) is 0 Å². The molecule has 0 aromatic rings. The minimum Gasteiger partial charge on any atom is -0.394 e. The lowest BCUT2D eigenvalue weighted by Crippen LogP contribution is -2.17. The van der Waals surface area contributed by atoms with Crippen molar-refractivity contribution in [3.63, 3.8) is 0 Å². The monoisotopic (exact) mass is 146 g/mol. The lowest BCUT2D eigenvalue weighted by molar-refractivity contribution is -0.135. The second-order valence-electron chi connectivity index (χ2n) is 2.76. The van der Waals surface area contributed by atoms with Crippen molar-refractivity contribution in [3.05, 3.63) is 0 Å². The van der Waals surface area contributed by atoms with Gasteiger partial charge in [-0.2, -0.15) is 0 Å². The van der Waals surface area contributed by atoms with Crippen molar-refractivity contribution < 1.29 is 14.6 Å². The predicted molar refractivity (Wildman–Crippen MR) is 36.5 cm³/mol. The molecule has 1 N–H and O–H groups in total. The summed E-state index contributed by atoms with van der Waals surface area (Å²) in [4.78, 5) is 0. The number of aliphatic hydroxyl groups excluding tert-OH is 1. The van der Waals surface area contributed by atoms with E-state index < -0.39 is 0 Å². The average Bonchev–Trinajstić information content (AvgIpc) is 2.30. The van der Waals surface area contributed by atoms with Crippen molar-refractivity contribution >= 4 is 0 Å². The van der Waals surface area contributed by atoms with Gasteiger partial charge in [-0.3, -0.25) is 0 Å². The Labute approximate surface area is 60.9 Å². The van der Waals surface area contributed by atoms with E-state index in [9.17, 15) is 0 Å². The highest BCUT2D eigenvalue weighted by molar-refractivity contribution is 4.73. The van der Waals surface area contributed by atoms with E-state index in [2.05, 4.69) is 6.92 Å². The van der Waals surface area contributed by atoms with Crippen LogP contribution in [0.3, 0.4) is 0 Å². The zero-order valence-corrected chi connectivity index (χ0v) is 6.41. The van der Waals surface area contributed by atoms with Gasteiger partial charge in [0.15, 0.2) is 6.29 Å². The van der Waals surface area contributed by atoms with Crippen molar-refractivity contribution in [2.24, 2.45) is 5.92 Å². The summed E-state index contributed by atoms with van der Waals surface area (Å²) in [6, 6.07) is 0. The van der Waals surface area contributed by atoms with E-state index in [-0.39, 0.29) is 19.0 Å². The van der Waals surface area contributed by atoms with Crippen LogP contribution >= 0.6 is 0 Å². The van der Waals surface area contributed by atoms with E-state index in [0.29, 0.717) is 5.92 Å². The number of methoxy groups -OCH3 is 1. The van der Waals surface area contributed by atoms with E-state index >= 15 is 0 Å². The van der Waals surface area contributed by atoms with Gasteiger partial charge in [-0.15, -0.1) is 0 Å². The normalized spacial score (nSPS) is 40.5. The van der Waals surface area contributed by atoms with Gasteiger partial charge in [0.05, 0.1) is 12.7 Å². The molecule has 1 heterocycles. The fourth-order valence-corrected chi connectivity index (χ4v) is 1.31. The molecule has 0 aromatic heterocycles. The van der Waals surface area contributed by atoms with Crippen LogP contribution in [0, 0.1) is 5.92 Å². The summed E-state index contributed by atoms with van der Waals surface area (Å²) in [7, 11) is 1.63. The van der Waals surface area contributed by atoms with E-state index in [1.807, 2.05) is 0 Å². The van der Waals surface area contributed by atoms with E-state index in [1.54, 1.807) is 7.11 Å². The molecule has 1 rings (SSSR count). The van der Waals surface area contributed by atoms with Gasteiger partial charge >= 0.3 is 0 Å². The van der Waals surface area contributed by atoms with E-state index in [4.69, 9.17) is 14.6 Å². The van der Waals surface area contributed by atoms with Crippen molar-refractivity contribution in [2.75, 3.05) is 13.7 Å². The van der Waals surface area contributed by atoms with Crippen molar-refractivity contribution in [1.29, 1.82) is 0 Å². The molecule has 60 valence electrons. The SMILES string of the molecule is COC1OC(CO)CC1C. The van der Waals surface area contributed by atoms with Gasteiger partial charge in [0.25, 0.3) is 0 Å². The summed E-state index contributed by atoms with van der Waals surface area (Å²) in [5, 5.41) is 8.72. The second-order valence-corrected chi connectivity index (χ2v) is 2.76. The molecule has 0 aliphatic carbocycles. The fourth-order valence-electron chi connectivity index (χ4n) is 1.31. The molecule has 0 aromatic carbocycles. The smallest absolute Gasteiger partial charge is 0.160 e. The minimum absolute atomic E-state index is 0.0139. The summed E-state index contributed by atoms with van der Waals surface area (Å²) in [5.74, 6) is 0.405. The Morgan fingerprint density at radius 3 is 2.70 bits per heavy atom. The van der Waals surface area contributed by atoms with Crippen molar-refractivity contribution in [1.82, 2.24) is 0 Å². The highest BCUT2D eigenvalue weighted by Gasteiger charge is 2.31. The molecule has 0 bridgehead atoms. The first kappa shape index (κ1) is 7.98. The topological polar surface area (TPSA) is 38.7 Å². The molecule has 1 saturated heterocycles. The first-order valence-electron chi connectivity index (χ1n) is 3.57. The quantitative estimate of drug-likeness (QED) is 0.612. The first-order valence-corrected chi connectivity index (χ1v) is 3.57. The summed E-state index contributed by atoms with van der Waals surface area (Å²) >= 11 is 0. The molecule has 0 saturated carbocycles. The second kappa shape index (κ2) is 3.32. The molecule has 0 spiro atoms. The Morgan fingerprint density at radius 1 is 1.70 bits per heavy atom. The summed E-state index contributed by atoms with van der Waals surface area (Å²) < 4.78 is 10.3. The minimum atomic E-state index is -0.114. The molecule has 1 fully saturated rings. The Kier molecular flexibility index (Phi) is 2.65. The van der Waals surface area contributed by atoms with Crippen molar-refractivity contribution in [3.8, 4) is 0 Å². The van der Waals surface area contributed by atoms with Gasteiger partial charge in [-0.05, 0) is 6.42 Å². The average molecular weight is 146 g/mol. The largest absolute Gasteiger partial charge is 0.394 e. The highest BCUT2D eigenvalue weighted by Crippen LogP contribution is 2.25. The maximum atomic E-state index is 8.72. The fraction of sp³-hybridized carbons (Fsp3) is 1.00. The summed E-state index contributed by atoms with van der Waals surface area (Å²) in [6.07, 6.45) is 0.770. The Bertz CT molecular complexity index is 105. The number of aliphatic hydroxyl groups is 1. The van der Waals surface area contributed by atoms with E-state index in [1.165, 1.54) is 0 Å². The lowest BCUT2D eigenvalue weighted by atomic mass is 10.1. The van der Waals surface area contributed by atoms with Gasteiger partial charge < -0.3 is 14.6 Å². The number of hydrogen-bond acceptors (Lipinski definition) is 3. The van der Waals surface area contributed by atoms with Crippen LogP contribution < -0.4 is 0 Å². The molecule has 0 radical (unpaired) electrons. The number of ether oxygens (including phenoxy) is 2. The molecule has 0 amide bonds. The van der Waals surface area contributed by atoms with Crippen LogP contribution in [-0.4, -0.2) is 31.2 Å². The van der Waals surface area contributed by atoms with Gasteiger partial charge in [-0.1, -0.05) is 6.92 Å². The van der Waals surface area contributed by atoms with Gasteiger partial charge in [0.2, 0.25) is 0 Å². The van der Waals surface area contributed by atoms with Crippen LogP contribution in [0.4, 0.5) is 0 Å². The van der Waals surface area contributed by atoms with Crippen molar-refractivity contribution in [2.45, 2.75) is 25.7 Å². The molecule has 3 atom stereocenters. The van der Waals surface area contributed by atoms with Gasteiger partial charge in [-0.25, -0.2) is 0 Å². The summed E-state index contributed by atoms with van der Waals surface area (Å²) in [5.41, 5.74) is 0.